The summed E-state index contributed by atoms with van der Waals surface area (Å²) < 4.78 is 5.43. The third-order valence-corrected chi connectivity index (χ3v) is 3.97. The van der Waals surface area contributed by atoms with Gasteiger partial charge in [0.15, 0.2) is 5.82 Å². The SMILES string of the molecule is CCc1nc(-c2cccc(O)c2)nc(N2CCOCC2)c1C. The first kappa shape index (κ1) is 14.8. The van der Waals surface area contributed by atoms with Crippen molar-refractivity contribution < 1.29 is 9.84 Å². The maximum absolute atomic E-state index is 9.69. The molecule has 1 aromatic heterocycles. The van der Waals surface area contributed by atoms with Gasteiger partial charge in [0, 0.05) is 29.9 Å². The highest BCUT2D eigenvalue weighted by molar-refractivity contribution is 5.62. The van der Waals surface area contributed by atoms with Crippen molar-refractivity contribution in [2.75, 3.05) is 31.2 Å². The highest BCUT2D eigenvalue weighted by Crippen LogP contribution is 2.27. The topological polar surface area (TPSA) is 58.5 Å². The lowest BCUT2D eigenvalue weighted by Crippen LogP contribution is -2.37. The van der Waals surface area contributed by atoms with Gasteiger partial charge in [-0.15, -0.1) is 0 Å². The first-order valence-electron chi connectivity index (χ1n) is 7.68. The Morgan fingerprint density at radius 3 is 2.68 bits per heavy atom. The van der Waals surface area contributed by atoms with Crippen molar-refractivity contribution in [1.29, 1.82) is 0 Å². The van der Waals surface area contributed by atoms with Crippen LogP contribution in [0.3, 0.4) is 0 Å². The zero-order valence-corrected chi connectivity index (χ0v) is 13.0. The van der Waals surface area contributed by atoms with Crippen molar-refractivity contribution >= 4 is 5.82 Å². The first-order valence-corrected chi connectivity index (χ1v) is 7.68. The summed E-state index contributed by atoms with van der Waals surface area (Å²) in [5, 5.41) is 9.69. The molecule has 0 saturated carbocycles. The second kappa shape index (κ2) is 6.32. The summed E-state index contributed by atoms with van der Waals surface area (Å²) in [7, 11) is 0. The fraction of sp³-hybridized carbons (Fsp3) is 0.412. The minimum absolute atomic E-state index is 0.229. The number of rotatable bonds is 3. The summed E-state index contributed by atoms with van der Waals surface area (Å²) in [5.41, 5.74) is 3.02. The second-order valence-electron chi connectivity index (χ2n) is 5.45. The van der Waals surface area contributed by atoms with E-state index in [0.717, 1.165) is 55.4 Å². The van der Waals surface area contributed by atoms with Gasteiger partial charge in [0.05, 0.1) is 13.2 Å². The molecule has 0 radical (unpaired) electrons. The normalized spacial score (nSPS) is 15.1. The van der Waals surface area contributed by atoms with E-state index in [9.17, 15) is 5.11 Å². The molecule has 1 aromatic carbocycles. The molecule has 3 rings (SSSR count). The molecule has 0 bridgehead atoms. The number of phenolic OH excluding ortho intramolecular Hbond substituents is 1. The Morgan fingerprint density at radius 1 is 1.23 bits per heavy atom. The highest BCUT2D eigenvalue weighted by atomic mass is 16.5. The van der Waals surface area contributed by atoms with Crippen molar-refractivity contribution in [2.24, 2.45) is 0 Å². The van der Waals surface area contributed by atoms with Crippen LogP contribution in [0.2, 0.25) is 0 Å². The van der Waals surface area contributed by atoms with Crippen LogP contribution in [0.25, 0.3) is 11.4 Å². The molecule has 0 atom stereocenters. The Hall–Kier alpha value is -2.14. The average molecular weight is 299 g/mol. The van der Waals surface area contributed by atoms with Crippen LogP contribution in [0.1, 0.15) is 18.2 Å². The van der Waals surface area contributed by atoms with Gasteiger partial charge in [-0.3, -0.25) is 0 Å². The molecule has 5 nitrogen and oxygen atoms in total. The van der Waals surface area contributed by atoms with Crippen LogP contribution in [0, 0.1) is 6.92 Å². The number of morpholine rings is 1. The molecule has 1 fully saturated rings. The molecule has 2 heterocycles. The van der Waals surface area contributed by atoms with Crippen molar-refractivity contribution in [1.82, 2.24) is 9.97 Å². The molecule has 0 aliphatic carbocycles. The van der Waals surface area contributed by atoms with Gasteiger partial charge in [-0.2, -0.15) is 0 Å². The second-order valence-corrected chi connectivity index (χ2v) is 5.45. The fourth-order valence-corrected chi connectivity index (χ4v) is 2.75. The molecule has 1 N–H and O–H groups in total. The zero-order chi connectivity index (χ0) is 15.5. The van der Waals surface area contributed by atoms with E-state index >= 15 is 0 Å². The van der Waals surface area contributed by atoms with Gasteiger partial charge in [0.1, 0.15) is 11.6 Å². The van der Waals surface area contributed by atoms with Gasteiger partial charge in [-0.05, 0) is 25.5 Å². The number of anilines is 1. The highest BCUT2D eigenvalue weighted by Gasteiger charge is 2.19. The quantitative estimate of drug-likeness (QED) is 0.944. The predicted molar refractivity (Wildman–Crippen MR) is 86.3 cm³/mol. The lowest BCUT2D eigenvalue weighted by molar-refractivity contribution is 0.122. The van der Waals surface area contributed by atoms with Crippen LogP contribution in [-0.4, -0.2) is 41.4 Å². The lowest BCUT2D eigenvalue weighted by Gasteiger charge is -2.29. The van der Waals surface area contributed by atoms with Crippen LogP contribution in [0.15, 0.2) is 24.3 Å². The molecule has 0 spiro atoms. The number of ether oxygens (including phenoxy) is 1. The third-order valence-electron chi connectivity index (χ3n) is 3.97. The van der Waals surface area contributed by atoms with Gasteiger partial charge in [0.2, 0.25) is 0 Å². The maximum Gasteiger partial charge on any atom is 0.161 e. The summed E-state index contributed by atoms with van der Waals surface area (Å²) in [6.45, 7) is 7.33. The van der Waals surface area contributed by atoms with Gasteiger partial charge in [-0.25, -0.2) is 9.97 Å². The van der Waals surface area contributed by atoms with Gasteiger partial charge >= 0.3 is 0 Å². The summed E-state index contributed by atoms with van der Waals surface area (Å²) in [5.74, 6) is 1.88. The first-order chi connectivity index (χ1) is 10.7. The van der Waals surface area contributed by atoms with Crippen molar-refractivity contribution in [3.63, 3.8) is 0 Å². The molecule has 116 valence electrons. The number of nitrogens with zero attached hydrogens (tertiary/aromatic N) is 3. The average Bonchev–Trinajstić information content (AvgIpc) is 2.56. The van der Waals surface area contributed by atoms with Gasteiger partial charge in [-0.1, -0.05) is 19.1 Å². The van der Waals surface area contributed by atoms with E-state index in [1.54, 1.807) is 12.1 Å². The molecular formula is C17H21N3O2. The number of hydrogen-bond donors (Lipinski definition) is 1. The minimum atomic E-state index is 0.229. The summed E-state index contributed by atoms with van der Waals surface area (Å²) in [4.78, 5) is 11.7. The molecule has 2 aromatic rings. The number of aromatic hydroxyl groups is 1. The molecule has 1 saturated heterocycles. The Bertz CT molecular complexity index is 667. The molecular weight excluding hydrogens is 278 g/mol. The molecule has 0 unspecified atom stereocenters. The Morgan fingerprint density at radius 2 is 2.00 bits per heavy atom. The van der Waals surface area contributed by atoms with Crippen molar-refractivity contribution in [3.05, 3.63) is 35.5 Å². The smallest absolute Gasteiger partial charge is 0.161 e. The molecule has 5 heteroatoms. The predicted octanol–water partition coefficient (Wildman–Crippen LogP) is 2.56. The largest absolute Gasteiger partial charge is 0.508 e. The van der Waals surface area contributed by atoms with Crippen LogP contribution in [-0.2, 0) is 11.2 Å². The monoisotopic (exact) mass is 299 g/mol. The van der Waals surface area contributed by atoms with Crippen LogP contribution < -0.4 is 4.90 Å². The number of phenols is 1. The summed E-state index contributed by atoms with van der Waals surface area (Å²) in [6.07, 6.45) is 0.859. The molecule has 1 aliphatic heterocycles. The van der Waals surface area contributed by atoms with Crippen LogP contribution in [0.5, 0.6) is 5.75 Å². The molecule has 22 heavy (non-hydrogen) atoms. The lowest BCUT2D eigenvalue weighted by atomic mass is 10.1. The molecule has 0 amide bonds. The maximum atomic E-state index is 9.69. The number of aryl methyl sites for hydroxylation is 1. The van der Waals surface area contributed by atoms with E-state index in [2.05, 4.69) is 23.7 Å². The number of benzene rings is 1. The Kier molecular flexibility index (Phi) is 4.24. The van der Waals surface area contributed by atoms with E-state index in [1.165, 1.54) is 0 Å². The number of aromatic nitrogens is 2. The van der Waals surface area contributed by atoms with Gasteiger partial charge in [0.25, 0.3) is 0 Å². The third kappa shape index (κ3) is 2.90. The van der Waals surface area contributed by atoms with E-state index in [4.69, 9.17) is 9.72 Å². The number of hydrogen-bond acceptors (Lipinski definition) is 5. The van der Waals surface area contributed by atoms with Crippen LogP contribution in [0.4, 0.5) is 5.82 Å². The van der Waals surface area contributed by atoms with Crippen molar-refractivity contribution in [3.8, 4) is 17.1 Å². The standard InChI is InChI=1S/C17H21N3O2/c1-3-15-12(2)17(20-7-9-22-10-8-20)19-16(18-15)13-5-4-6-14(21)11-13/h4-6,11,21H,3,7-10H2,1-2H3. The van der Waals surface area contributed by atoms with E-state index < -0.39 is 0 Å². The van der Waals surface area contributed by atoms with Gasteiger partial charge < -0.3 is 14.7 Å². The van der Waals surface area contributed by atoms with Crippen molar-refractivity contribution in [2.45, 2.75) is 20.3 Å². The van der Waals surface area contributed by atoms with E-state index in [1.807, 2.05) is 12.1 Å². The minimum Gasteiger partial charge on any atom is -0.508 e. The Balaban J connectivity index is 2.07. The zero-order valence-electron chi connectivity index (χ0n) is 13.0. The molecule has 1 aliphatic rings. The Labute approximate surface area is 130 Å². The van der Waals surface area contributed by atoms with E-state index in [0.29, 0.717) is 5.82 Å². The summed E-state index contributed by atoms with van der Waals surface area (Å²) in [6, 6.07) is 7.09. The van der Waals surface area contributed by atoms with Crippen LogP contribution >= 0.6 is 0 Å². The van der Waals surface area contributed by atoms with E-state index in [-0.39, 0.29) is 5.75 Å². The fourth-order valence-electron chi connectivity index (χ4n) is 2.75. The summed E-state index contributed by atoms with van der Waals surface area (Å²) >= 11 is 0.